The quantitative estimate of drug-likeness (QED) is 0.456. The molecule has 0 spiro atoms. The first-order valence-corrected chi connectivity index (χ1v) is 10.6. The monoisotopic (exact) mass is 398 g/mol. The summed E-state index contributed by atoms with van der Waals surface area (Å²) in [4.78, 5) is 25.4. The van der Waals surface area contributed by atoms with Gasteiger partial charge in [0.05, 0.1) is 5.56 Å². The predicted molar refractivity (Wildman–Crippen MR) is 118 cm³/mol. The Labute approximate surface area is 178 Å². The Kier molecular flexibility index (Phi) is 5.63. The maximum Gasteiger partial charge on any atom is 0.180 e. The van der Waals surface area contributed by atoms with Crippen molar-refractivity contribution in [2.75, 3.05) is 0 Å². The van der Waals surface area contributed by atoms with E-state index in [1.54, 1.807) is 6.92 Å². The van der Waals surface area contributed by atoms with Crippen molar-refractivity contribution in [3.8, 4) is 0 Å². The fourth-order valence-corrected chi connectivity index (χ4v) is 4.49. The second kappa shape index (κ2) is 8.35. The second-order valence-electron chi connectivity index (χ2n) is 8.57. The van der Waals surface area contributed by atoms with Gasteiger partial charge in [0.1, 0.15) is 0 Å². The fourth-order valence-electron chi connectivity index (χ4n) is 4.49. The molecule has 1 heterocycles. The standard InChI is InChI=1S/C27H28NO2/c1-18-5-4-6-21(13-18)16-28-12-11-23(26(17-28)20(3)29)15-24-9-8-22-14-19(2)7-10-25(22)27(24)30/h4-7,10-14,17,24H,8-9,15-16H2,1-3H3/q+1. The zero-order chi connectivity index (χ0) is 21.3. The third kappa shape index (κ3) is 4.25. The summed E-state index contributed by atoms with van der Waals surface area (Å²) in [5, 5.41) is 0. The van der Waals surface area contributed by atoms with Crippen molar-refractivity contribution in [2.45, 2.75) is 46.6 Å². The molecule has 2 aromatic carbocycles. The van der Waals surface area contributed by atoms with Gasteiger partial charge in [0.25, 0.3) is 0 Å². The van der Waals surface area contributed by atoms with Crippen LogP contribution in [0.15, 0.2) is 60.9 Å². The highest BCUT2D eigenvalue weighted by molar-refractivity contribution is 6.01. The van der Waals surface area contributed by atoms with E-state index >= 15 is 0 Å². The van der Waals surface area contributed by atoms with Crippen molar-refractivity contribution in [3.05, 3.63) is 99.9 Å². The average Bonchev–Trinajstić information content (AvgIpc) is 2.71. The van der Waals surface area contributed by atoms with E-state index in [4.69, 9.17) is 0 Å². The highest BCUT2D eigenvalue weighted by atomic mass is 16.1. The van der Waals surface area contributed by atoms with Crippen LogP contribution in [-0.4, -0.2) is 11.6 Å². The Morgan fingerprint density at radius 3 is 2.63 bits per heavy atom. The van der Waals surface area contributed by atoms with Crippen molar-refractivity contribution < 1.29 is 14.2 Å². The van der Waals surface area contributed by atoms with E-state index in [1.165, 1.54) is 16.7 Å². The molecule has 0 radical (unpaired) electrons. The van der Waals surface area contributed by atoms with Gasteiger partial charge in [-0.3, -0.25) is 9.59 Å². The first kappa shape index (κ1) is 20.2. The van der Waals surface area contributed by atoms with Crippen LogP contribution in [0.1, 0.15) is 61.9 Å². The highest BCUT2D eigenvalue weighted by Gasteiger charge is 2.29. The summed E-state index contributed by atoms with van der Waals surface area (Å²) >= 11 is 0. The summed E-state index contributed by atoms with van der Waals surface area (Å²) in [6.07, 6.45) is 6.33. The number of Topliss-reactive ketones (excluding diaryl/α,β-unsaturated/α-hetero) is 2. The Bertz CT molecular complexity index is 1130. The van der Waals surface area contributed by atoms with Gasteiger partial charge in [-0.1, -0.05) is 47.5 Å². The number of aryl methyl sites for hydroxylation is 3. The van der Waals surface area contributed by atoms with Gasteiger partial charge in [-0.15, -0.1) is 0 Å². The summed E-state index contributed by atoms with van der Waals surface area (Å²) in [5.41, 5.74) is 7.32. The van der Waals surface area contributed by atoms with E-state index in [9.17, 15) is 9.59 Å². The molecule has 0 saturated heterocycles. The topological polar surface area (TPSA) is 38.0 Å². The molecule has 0 amide bonds. The number of hydrogen-bond acceptors (Lipinski definition) is 2. The summed E-state index contributed by atoms with van der Waals surface area (Å²) in [7, 11) is 0. The third-order valence-corrected chi connectivity index (χ3v) is 6.06. The molecule has 1 aliphatic carbocycles. The van der Waals surface area contributed by atoms with Crippen molar-refractivity contribution in [1.82, 2.24) is 0 Å². The van der Waals surface area contributed by atoms with Crippen LogP contribution in [0.5, 0.6) is 0 Å². The number of carbonyl (C=O) groups is 2. The minimum atomic E-state index is -0.0640. The van der Waals surface area contributed by atoms with E-state index in [2.05, 4.69) is 48.7 Å². The third-order valence-electron chi connectivity index (χ3n) is 6.06. The van der Waals surface area contributed by atoms with Gasteiger partial charge in [-0.2, -0.15) is 0 Å². The van der Waals surface area contributed by atoms with Gasteiger partial charge in [-0.05, 0) is 57.2 Å². The molecule has 1 aliphatic rings. The Morgan fingerprint density at radius 2 is 1.87 bits per heavy atom. The summed E-state index contributed by atoms with van der Waals surface area (Å²) < 4.78 is 2.05. The fraction of sp³-hybridized carbons (Fsp3) is 0.296. The predicted octanol–water partition coefficient (Wildman–Crippen LogP) is 4.83. The molecular formula is C27H28NO2+. The van der Waals surface area contributed by atoms with Crippen LogP contribution < -0.4 is 4.57 Å². The summed E-state index contributed by atoms with van der Waals surface area (Å²) in [6, 6.07) is 16.5. The van der Waals surface area contributed by atoms with E-state index in [0.29, 0.717) is 12.0 Å². The van der Waals surface area contributed by atoms with E-state index < -0.39 is 0 Å². The molecular weight excluding hydrogens is 370 g/mol. The molecule has 1 atom stereocenters. The van der Waals surface area contributed by atoms with Gasteiger partial charge in [0.15, 0.2) is 30.5 Å². The lowest BCUT2D eigenvalue weighted by Crippen LogP contribution is -2.35. The minimum Gasteiger partial charge on any atom is -0.294 e. The minimum absolute atomic E-state index is 0.0443. The lowest BCUT2D eigenvalue weighted by Gasteiger charge is -2.24. The lowest BCUT2D eigenvalue weighted by molar-refractivity contribution is -0.688. The number of aromatic nitrogens is 1. The van der Waals surface area contributed by atoms with Gasteiger partial charge in [0.2, 0.25) is 0 Å². The molecule has 30 heavy (non-hydrogen) atoms. The van der Waals surface area contributed by atoms with Gasteiger partial charge >= 0.3 is 0 Å². The molecule has 3 nitrogen and oxygen atoms in total. The first-order valence-electron chi connectivity index (χ1n) is 10.6. The largest absolute Gasteiger partial charge is 0.294 e. The molecule has 0 bridgehead atoms. The molecule has 3 heteroatoms. The Balaban J connectivity index is 1.57. The number of benzene rings is 2. The van der Waals surface area contributed by atoms with Gasteiger partial charge in [0, 0.05) is 23.1 Å². The maximum atomic E-state index is 13.1. The highest BCUT2D eigenvalue weighted by Crippen LogP contribution is 2.29. The van der Waals surface area contributed by atoms with E-state index in [-0.39, 0.29) is 17.5 Å². The smallest absolute Gasteiger partial charge is 0.180 e. The molecule has 0 aliphatic heterocycles. The lowest BCUT2D eigenvalue weighted by atomic mass is 9.79. The number of pyridine rings is 1. The van der Waals surface area contributed by atoms with Crippen LogP contribution >= 0.6 is 0 Å². The van der Waals surface area contributed by atoms with Crippen LogP contribution in [0, 0.1) is 19.8 Å². The van der Waals surface area contributed by atoms with Crippen molar-refractivity contribution >= 4 is 11.6 Å². The number of fused-ring (bicyclic) bond motifs is 1. The number of hydrogen-bond donors (Lipinski definition) is 0. The van der Waals surface area contributed by atoms with Crippen LogP contribution in [0.3, 0.4) is 0 Å². The van der Waals surface area contributed by atoms with Crippen molar-refractivity contribution in [3.63, 3.8) is 0 Å². The molecule has 1 aromatic heterocycles. The van der Waals surface area contributed by atoms with E-state index in [1.807, 2.05) is 30.6 Å². The summed E-state index contributed by atoms with van der Waals surface area (Å²) in [5.74, 6) is 0.191. The first-order chi connectivity index (χ1) is 14.4. The zero-order valence-corrected chi connectivity index (χ0v) is 17.9. The molecule has 0 N–H and O–H groups in total. The van der Waals surface area contributed by atoms with Crippen LogP contribution in [0.2, 0.25) is 0 Å². The zero-order valence-electron chi connectivity index (χ0n) is 17.9. The number of ketones is 2. The molecule has 4 rings (SSSR count). The van der Waals surface area contributed by atoms with Crippen LogP contribution in [-0.2, 0) is 19.4 Å². The molecule has 3 aromatic rings. The molecule has 1 unspecified atom stereocenters. The normalized spacial score (nSPS) is 15.7. The summed E-state index contributed by atoms with van der Waals surface area (Å²) in [6.45, 7) is 6.47. The number of rotatable bonds is 5. The SMILES string of the molecule is CC(=O)c1c[n+](Cc2cccc(C)c2)ccc1CC1CCc2cc(C)ccc2C1=O. The van der Waals surface area contributed by atoms with Crippen LogP contribution in [0.25, 0.3) is 0 Å². The second-order valence-corrected chi connectivity index (χ2v) is 8.57. The molecule has 0 fully saturated rings. The Hall–Kier alpha value is -3.07. The van der Waals surface area contributed by atoms with Crippen LogP contribution in [0.4, 0.5) is 0 Å². The van der Waals surface area contributed by atoms with Crippen molar-refractivity contribution in [1.29, 1.82) is 0 Å². The molecule has 152 valence electrons. The Morgan fingerprint density at radius 1 is 1.07 bits per heavy atom. The maximum absolute atomic E-state index is 13.1. The van der Waals surface area contributed by atoms with Gasteiger partial charge < -0.3 is 0 Å². The van der Waals surface area contributed by atoms with Gasteiger partial charge in [-0.25, -0.2) is 4.57 Å². The van der Waals surface area contributed by atoms with Crippen molar-refractivity contribution in [2.24, 2.45) is 5.92 Å². The van der Waals surface area contributed by atoms with E-state index in [0.717, 1.165) is 36.1 Å². The average molecular weight is 399 g/mol. The number of carbonyl (C=O) groups excluding carboxylic acids is 2. The number of nitrogens with zero attached hydrogens (tertiary/aromatic N) is 1. The molecule has 0 saturated carbocycles.